The van der Waals surface area contributed by atoms with E-state index in [1.54, 1.807) is 0 Å². The van der Waals surface area contributed by atoms with E-state index in [2.05, 4.69) is 74.7 Å². The number of carbonyl (C=O) groups is 1. The Morgan fingerprint density at radius 3 is 2.83 bits per heavy atom. The maximum absolute atomic E-state index is 10.1. The highest BCUT2D eigenvalue weighted by atomic mass is 32.2. The highest BCUT2D eigenvalue weighted by molar-refractivity contribution is 7.95. The van der Waals surface area contributed by atoms with Crippen LogP contribution in [-0.4, -0.2) is 35.9 Å². The summed E-state index contributed by atoms with van der Waals surface area (Å²) in [4.78, 5) is 27.6. The lowest BCUT2D eigenvalue weighted by atomic mass is 10.1. The van der Waals surface area contributed by atoms with E-state index in [9.17, 15) is 9.70 Å². The number of nitroso groups, excluding NO2 is 1. The number of carbonyl (C=O) groups excluding carboxylic acids is 1. The lowest BCUT2D eigenvalue weighted by Crippen LogP contribution is -2.10. The Hall–Kier alpha value is -3.27. The minimum atomic E-state index is -0.671. The average molecular weight is 495 g/mol. The normalized spacial score (nSPS) is 12.3. The zero-order valence-corrected chi connectivity index (χ0v) is 21.1. The fourth-order valence-electron chi connectivity index (χ4n) is 3.47. The molecule has 0 saturated heterocycles. The summed E-state index contributed by atoms with van der Waals surface area (Å²) >= 11 is 1.07. The molecule has 0 amide bonds. The van der Waals surface area contributed by atoms with Gasteiger partial charge in [-0.25, -0.2) is 0 Å². The Labute approximate surface area is 211 Å². The molecular weight excluding hydrogens is 460 g/mol. The van der Waals surface area contributed by atoms with E-state index in [1.165, 1.54) is 22.2 Å². The number of aryl methyl sites for hydroxylation is 1. The van der Waals surface area contributed by atoms with Crippen LogP contribution in [0.4, 0.5) is 5.69 Å². The van der Waals surface area contributed by atoms with E-state index < -0.39 is 6.04 Å². The zero-order valence-electron chi connectivity index (χ0n) is 20.2. The quantitative estimate of drug-likeness (QED) is 0.137. The van der Waals surface area contributed by atoms with Crippen LogP contribution < -0.4 is 15.2 Å². The number of para-hydroxylation sites is 1. The van der Waals surface area contributed by atoms with E-state index in [0.717, 1.165) is 49.1 Å². The number of nitrogens with two attached hydrogens (primary N) is 1. The van der Waals surface area contributed by atoms with Crippen LogP contribution in [0.25, 0.3) is 17.0 Å². The molecule has 0 spiro atoms. The molecule has 2 aromatic heterocycles. The molecule has 0 fully saturated rings. The summed E-state index contributed by atoms with van der Waals surface area (Å²) in [7, 11) is 1.91. The lowest BCUT2D eigenvalue weighted by Gasteiger charge is -2.02. The van der Waals surface area contributed by atoms with Crippen molar-refractivity contribution in [1.82, 2.24) is 14.7 Å². The summed E-state index contributed by atoms with van der Waals surface area (Å²) < 4.78 is 2.86. The monoisotopic (exact) mass is 494 g/mol. The van der Waals surface area contributed by atoms with Gasteiger partial charge in [-0.1, -0.05) is 47.7 Å². The molecule has 0 radical (unpaired) electrons. The van der Waals surface area contributed by atoms with Crippen molar-refractivity contribution >= 4 is 41.1 Å². The Kier molecular flexibility index (Phi) is 13.1. The summed E-state index contributed by atoms with van der Waals surface area (Å²) in [6, 6.07) is 9.44. The molecule has 1 aromatic carbocycles. The minimum absolute atomic E-state index is 0.532. The van der Waals surface area contributed by atoms with Gasteiger partial charge in [-0.3, -0.25) is 14.8 Å². The number of aromatic nitrogens is 2. The SMILES string of the molecule is CNc1cccc2cccnc12.Cc1c[nH]c2c1C=CC=CC2.NSNCCCCC(C=O)N=O. The van der Waals surface area contributed by atoms with Gasteiger partial charge in [0.05, 0.1) is 11.2 Å². The molecule has 8 nitrogen and oxygen atoms in total. The van der Waals surface area contributed by atoms with Crippen molar-refractivity contribution in [2.45, 2.75) is 38.6 Å². The standard InChI is InChI=1S/C10H10N2.C10H11N.C6H13N3O2S/c1-11-9-6-2-4-8-5-3-7-12-10(8)9;1-8-7-11-10-6-4-2-3-5-9(8)10;7-12-8-4-2-1-3-6(5-10)9-11/h2-7,11H,1H3;2-5,7,11H,6H2,1H3;5-6,8H,1-4,7H2. The number of pyridine rings is 1. The van der Waals surface area contributed by atoms with Crippen LogP contribution in [0.2, 0.25) is 0 Å². The smallest absolute Gasteiger partial charge is 0.148 e. The van der Waals surface area contributed by atoms with E-state index in [0.29, 0.717) is 12.7 Å². The van der Waals surface area contributed by atoms with Gasteiger partial charge in [-0.05, 0) is 49.4 Å². The van der Waals surface area contributed by atoms with Crippen molar-refractivity contribution in [3.8, 4) is 0 Å². The molecule has 0 bridgehead atoms. The van der Waals surface area contributed by atoms with E-state index in [4.69, 9.17) is 5.14 Å². The third-order valence-corrected chi connectivity index (χ3v) is 5.72. The Morgan fingerprint density at radius 1 is 1.26 bits per heavy atom. The number of hydrogen-bond donors (Lipinski definition) is 4. The summed E-state index contributed by atoms with van der Waals surface area (Å²) in [5.41, 5.74) is 6.12. The molecule has 35 heavy (non-hydrogen) atoms. The molecule has 3 aromatic rings. The number of benzene rings is 1. The maximum Gasteiger partial charge on any atom is 0.148 e. The third-order valence-electron chi connectivity index (χ3n) is 5.35. The Balaban J connectivity index is 0.000000185. The highest BCUT2D eigenvalue weighted by Crippen LogP contribution is 2.19. The van der Waals surface area contributed by atoms with Gasteiger partial charge in [-0.2, -0.15) is 4.91 Å². The van der Waals surface area contributed by atoms with Gasteiger partial charge in [0, 0.05) is 55.6 Å². The first-order chi connectivity index (χ1) is 17.1. The van der Waals surface area contributed by atoms with Gasteiger partial charge in [0.25, 0.3) is 0 Å². The molecule has 0 saturated carbocycles. The molecule has 2 heterocycles. The van der Waals surface area contributed by atoms with Gasteiger partial charge in [0.1, 0.15) is 12.3 Å². The summed E-state index contributed by atoms with van der Waals surface area (Å²) in [5.74, 6) is 0. The van der Waals surface area contributed by atoms with Gasteiger partial charge in [0.2, 0.25) is 0 Å². The van der Waals surface area contributed by atoms with Gasteiger partial charge >= 0.3 is 0 Å². The number of anilines is 1. The number of H-pyrrole nitrogens is 1. The molecule has 9 heteroatoms. The molecule has 5 N–H and O–H groups in total. The minimum Gasteiger partial charge on any atom is -0.386 e. The molecule has 1 aliphatic carbocycles. The van der Waals surface area contributed by atoms with E-state index in [-0.39, 0.29) is 0 Å². The molecule has 186 valence electrons. The number of fused-ring (bicyclic) bond motifs is 2. The number of aldehydes is 1. The number of nitrogens with one attached hydrogen (secondary N) is 3. The van der Waals surface area contributed by atoms with Crippen LogP contribution in [0, 0.1) is 11.8 Å². The Morgan fingerprint density at radius 2 is 2.09 bits per heavy atom. The zero-order chi connectivity index (χ0) is 25.3. The largest absolute Gasteiger partial charge is 0.386 e. The molecule has 1 aliphatic rings. The van der Waals surface area contributed by atoms with Crippen molar-refractivity contribution in [2.24, 2.45) is 10.3 Å². The first-order valence-corrected chi connectivity index (χ1v) is 12.4. The molecule has 0 aliphatic heterocycles. The fraction of sp³-hybridized carbons (Fsp3) is 0.308. The van der Waals surface area contributed by atoms with Crippen LogP contribution in [0.3, 0.4) is 0 Å². The van der Waals surface area contributed by atoms with Crippen molar-refractivity contribution in [3.63, 3.8) is 0 Å². The molecular formula is C26H34N6O2S. The van der Waals surface area contributed by atoms with Gasteiger partial charge in [0.15, 0.2) is 0 Å². The van der Waals surface area contributed by atoms with Crippen molar-refractivity contribution in [2.75, 3.05) is 18.9 Å². The summed E-state index contributed by atoms with van der Waals surface area (Å²) in [5, 5.41) is 12.0. The second kappa shape index (κ2) is 16.4. The molecule has 4 rings (SSSR count). The first-order valence-electron chi connectivity index (χ1n) is 11.5. The number of allylic oxidation sites excluding steroid dienone is 3. The number of unbranched alkanes of at least 4 members (excludes halogenated alkanes) is 1. The Bertz CT molecular complexity index is 1100. The molecule has 1 atom stereocenters. The average Bonchev–Trinajstić information content (AvgIpc) is 3.09. The van der Waals surface area contributed by atoms with Crippen LogP contribution in [0.1, 0.15) is 36.1 Å². The molecule has 1 unspecified atom stereocenters. The van der Waals surface area contributed by atoms with E-state index >= 15 is 0 Å². The fourth-order valence-corrected chi connectivity index (χ4v) is 3.73. The predicted molar refractivity (Wildman–Crippen MR) is 148 cm³/mol. The van der Waals surface area contributed by atoms with Crippen LogP contribution in [0.15, 0.2) is 66.1 Å². The maximum atomic E-state index is 10.1. The second-order valence-electron chi connectivity index (χ2n) is 7.80. The van der Waals surface area contributed by atoms with Crippen molar-refractivity contribution < 1.29 is 4.79 Å². The van der Waals surface area contributed by atoms with Crippen LogP contribution in [0.5, 0.6) is 0 Å². The number of aromatic amines is 1. The number of rotatable bonds is 9. The van der Waals surface area contributed by atoms with Crippen molar-refractivity contribution in [1.29, 1.82) is 0 Å². The lowest BCUT2D eigenvalue weighted by molar-refractivity contribution is -0.109. The topological polar surface area (TPSA) is 125 Å². The second-order valence-corrected chi connectivity index (χ2v) is 8.33. The van der Waals surface area contributed by atoms with E-state index in [1.807, 2.05) is 31.4 Å². The van der Waals surface area contributed by atoms with Gasteiger partial charge in [-0.15, -0.1) is 0 Å². The summed E-state index contributed by atoms with van der Waals surface area (Å²) in [6.45, 7) is 2.91. The predicted octanol–water partition coefficient (Wildman–Crippen LogP) is 5.33. The van der Waals surface area contributed by atoms with Crippen LogP contribution >= 0.6 is 12.1 Å². The van der Waals surface area contributed by atoms with Crippen molar-refractivity contribution in [3.05, 3.63) is 82.7 Å². The highest BCUT2D eigenvalue weighted by Gasteiger charge is 2.05. The number of nitrogens with zero attached hydrogens (tertiary/aromatic N) is 2. The third kappa shape index (κ3) is 9.48. The summed E-state index contributed by atoms with van der Waals surface area (Å²) in [6.07, 6.45) is 16.2. The van der Waals surface area contributed by atoms with Crippen LogP contribution in [-0.2, 0) is 11.2 Å². The first kappa shape index (κ1) is 28.0. The number of hydrogen-bond acceptors (Lipinski definition) is 8. The van der Waals surface area contributed by atoms with Gasteiger partial charge < -0.3 is 15.1 Å².